The Morgan fingerprint density at radius 1 is 1.29 bits per heavy atom. The molecule has 4 nitrogen and oxygen atoms in total. The summed E-state index contributed by atoms with van der Waals surface area (Å²) in [6, 6.07) is 0.752. The minimum atomic E-state index is 0.388. The molecule has 0 saturated carbocycles. The van der Waals surface area contributed by atoms with Crippen molar-refractivity contribution < 1.29 is 9.47 Å². The van der Waals surface area contributed by atoms with Gasteiger partial charge >= 0.3 is 0 Å². The zero-order valence-corrected chi connectivity index (χ0v) is 11.0. The molecule has 2 atom stereocenters. The van der Waals surface area contributed by atoms with Crippen LogP contribution in [0.1, 0.15) is 32.1 Å². The first-order valence-electron chi connectivity index (χ1n) is 6.98. The lowest BCUT2D eigenvalue weighted by molar-refractivity contribution is -0.147. The SMILES string of the molecule is CNCCC1CCCCN1CC1CCOCO1. The molecule has 4 heteroatoms. The van der Waals surface area contributed by atoms with Crippen LogP contribution in [-0.2, 0) is 9.47 Å². The molecule has 17 heavy (non-hydrogen) atoms. The second-order valence-electron chi connectivity index (χ2n) is 5.14. The van der Waals surface area contributed by atoms with Crippen molar-refractivity contribution in [2.45, 2.75) is 44.2 Å². The molecule has 2 heterocycles. The number of ether oxygens (including phenoxy) is 2. The molecule has 0 spiro atoms. The zero-order chi connectivity index (χ0) is 11.9. The van der Waals surface area contributed by atoms with Crippen LogP contribution < -0.4 is 5.32 Å². The van der Waals surface area contributed by atoms with E-state index >= 15 is 0 Å². The highest BCUT2D eigenvalue weighted by molar-refractivity contribution is 4.80. The van der Waals surface area contributed by atoms with Crippen molar-refractivity contribution in [1.29, 1.82) is 0 Å². The highest BCUT2D eigenvalue weighted by Gasteiger charge is 2.25. The number of likely N-dealkylation sites (tertiary alicyclic amines) is 1. The van der Waals surface area contributed by atoms with Crippen molar-refractivity contribution in [3.63, 3.8) is 0 Å². The van der Waals surface area contributed by atoms with Gasteiger partial charge in [-0.15, -0.1) is 0 Å². The van der Waals surface area contributed by atoms with Crippen LogP contribution in [0.4, 0.5) is 0 Å². The lowest BCUT2D eigenvalue weighted by Crippen LogP contribution is -2.46. The van der Waals surface area contributed by atoms with Gasteiger partial charge in [-0.2, -0.15) is 0 Å². The molecule has 2 aliphatic heterocycles. The fraction of sp³-hybridized carbons (Fsp3) is 1.00. The maximum absolute atomic E-state index is 5.65. The van der Waals surface area contributed by atoms with Crippen LogP contribution in [-0.4, -0.2) is 57.1 Å². The van der Waals surface area contributed by atoms with Gasteiger partial charge in [-0.1, -0.05) is 6.42 Å². The second kappa shape index (κ2) is 7.31. The van der Waals surface area contributed by atoms with E-state index in [1.54, 1.807) is 0 Å². The predicted octanol–water partition coefficient (Wildman–Crippen LogP) is 1.21. The van der Waals surface area contributed by atoms with E-state index in [0.717, 1.165) is 32.2 Å². The van der Waals surface area contributed by atoms with E-state index in [-0.39, 0.29) is 0 Å². The summed E-state index contributed by atoms with van der Waals surface area (Å²) in [5, 5.41) is 3.26. The minimum Gasteiger partial charge on any atom is -0.355 e. The second-order valence-corrected chi connectivity index (χ2v) is 5.14. The third-order valence-corrected chi connectivity index (χ3v) is 3.89. The quantitative estimate of drug-likeness (QED) is 0.786. The van der Waals surface area contributed by atoms with Crippen molar-refractivity contribution in [2.75, 3.05) is 40.1 Å². The van der Waals surface area contributed by atoms with Gasteiger partial charge in [0, 0.05) is 12.6 Å². The molecule has 2 saturated heterocycles. The third kappa shape index (κ3) is 4.21. The molecule has 2 rings (SSSR count). The molecule has 0 aromatic rings. The Bertz CT molecular complexity index is 208. The number of hydrogen-bond acceptors (Lipinski definition) is 4. The molecule has 1 N–H and O–H groups in total. The van der Waals surface area contributed by atoms with Gasteiger partial charge in [-0.05, 0) is 45.8 Å². The first-order valence-corrected chi connectivity index (χ1v) is 6.98. The van der Waals surface area contributed by atoms with Gasteiger partial charge in [0.15, 0.2) is 0 Å². The van der Waals surface area contributed by atoms with Crippen LogP contribution in [0.15, 0.2) is 0 Å². The van der Waals surface area contributed by atoms with E-state index in [0.29, 0.717) is 12.9 Å². The van der Waals surface area contributed by atoms with Gasteiger partial charge in [0.2, 0.25) is 0 Å². The Morgan fingerprint density at radius 2 is 2.24 bits per heavy atom. The Balaban J connectivity index is 1.78. The lowest BCUT2D eigenvalue weighted by Gasteiger charge is -2.38. The van der Waals surface area contributed by atoms with Crippen LogP contribution >= 0.6 is 0 Å². The lowest BCUT2D eigenvalue weighted by atomic mass is 9.98. The van der Waals surface area contributed by atoms with Crippen LogP contribution in [0.3, 0.4) is 0 Å². The molecular weight excluding hydrogens is 216 g/mol. The molecule has 0 aliphatic carbocycles. The van der Waals surface area contributed by atoms with E-state index in [1.807, 2.05) is 7.05 Å². The van der Waals surface area contributed by atoms with Crippen LogP contribution in [0, 0.1) is 0 Å². The first-order chi connectivity index (χ1) is 8.40. The average molecular weight is 242 g/mol. The third-order valence-electron chi connectivity index (χ3n) is 3.89. The summed E-state index contributed by atoms with van der Waals surface area (Å²) in [4.78, 5) is 2.64. The van der Waals surface area contributed by atoms with Gasteiger partial charge < -0.3 is 14.8 Å². The maximum Gasteiger partial charge on any atom is 0.147 e. The average Bonchev–Trinajstić information content (AvgIpc) is 2.39. The summed E-state index contributed by atoms with van der Waals surface area (Å²) in [5.41, 5.74) is 0. The maximum atomic E-state index is 5.65. The molecule has 2 unspecified atom stereocenters. The molecule has 2 fully saturated rings. The summed E-state index contributed by atoms with van der Waals surface area (Å²) in [5.74, 6) is 0. The van der Waals surface area contributed by atoms with E-state index < -0.39 is 0 Å². The van der Waals surface area contributed by atoms with Crippen LogP contribution in [0.25, 0.3) is 0 Å². The smallest absolute Gasteiger partial charge is 0.147 e. The monoisotopic (exact) mass is 242 g/mol. The van der Waals surface area contributed by atoms with Crippen molar-refractivity contribution >= 4 is 0 Å². The van der Waals surface area contributed by atoms with Crippen molar-refractivity contribution in [2.24, 2.45) is 0 Å². The van der Waals surface area contributed by atoms with Crippen LogP contribution in [0.2, 0.25) is 0 Å². The largest absolute Gasteiger partial charge is 0.355 e. The highest BCUT2D eigenvalue weighted by atomic mass is 16.7. The first kappa shape index (κ1) is 13.3. The standard InChI is InChI=1S/C13H26N2O2/c1-14-7-5-12-4-2-3-8-15(12)10-13-6-9-16-11-17-13/h12-14H,2-11H2,1H3. The summed E-state index contributed by atoms with van der Waals surface area (Å²) in [7, 11) is 2.04. The zero-order valence-electron chi connectivity index (χ0n) is 11.0. The minimum absolute atomic E-state index is 0.388. The molecule has 2 aliphatic rings. The fourth-order valence-corrected chi connectivity index (χ4v) is 2.85. The topological polar surface area (TPSA) is 33.7 Å². The summed E-state index contributed by atoms with van der Waals surface area (Å²) >= 11 is 0. The highest BCUT2D eigenvalue weighted by Crippen LogP contribution is 2.21. The summed E-state index contributed by atoms with van der Waals surface area (Å²) < 4.78 is 10.9. The Hall–Kier alpha value is -0.160. The summed E-state index contributed by atoms with van der Waals surface area (Å²) in [6.07, 6.45) is 6.79. The van der Waals surface area contributed by atoms with Gasteiger partial charge in [0.1, 0.15) is 6.79 Å². The molecule has 0 radical (unpaired) electrons. The van der Waals surface area contributed by atoms with E-state index in [1.165, 1.54) is 32.2 Å². The summed E-state index contributed by atoms with van der Waals surface area (Å²) in [6.45, 7) is 4.81. The van der Waals surface area contributed by atoms with E-state index in [2.05, 4.69) is 10.2 Å². The Labute approximate surface area is 105 Å². The number of hydrogen-bond donors (Lipinski definition) is 1. The Morgan fingerprint density at radius 3 is 3.00 bits per heavy atom. The molecule has 0 aromatic heterocycles. The van der Waals surface area contributed by atoms with Crippen molar-refractivity contribution in [3.8, 4) is 0 Å². The number of rotatable bonds is 5. The van der Waals surface area contributed by atoms with Gasteiger partial charge in [0.05, 0.1) is 12.7 Å². The van der Waals surface area contributed by atoms with E-state index in [9.17, 15) is 0 Å². The van der Waals surface area contributed by atoms with Crippen molar-refractivity contribution in [1.82, 2.24) is 10.2 Å². The number of piperidine rings is 1. The molecule has 100 valence electrons. The fourth-order valence-electron chi connectivity index (χ4n) is 2.85. The van der Waals surface area contributed by atoms with Crippen molar-refractivity contribution in [3.05, 3.63) is 0 Å². The van der Waals surface area contributed by atoms with Crippen LogP contribution in [0.5, 0.6) is 0 Å². The normalized spacial score (nSPS) is 31.6. The molecule has 0 bridgehead atoms. The molecule has 0 amide bonds. The van der Waals surface area contributed by atoms with Gasteiger partial charge in [-0.3, -0.25) is 4.90 Å². The predicted molar refractivity (Wildman–Crippen MR) is 68.1 cm³/mol. The molecule has 0 aromatic carbocycles. The molecular formula is C13H26N2O2. The van der Waals surface area contributed by atoms with Gasteiger partial charge in [-0.25, -0.2) is 0 Å². The Kier molecular flexibility index (Phi) is 5.71. The number of nitrogens with zero attached hydrogens (tertiary/aromatic N) is 1. The van der Waals surface area contributed by atoms with E-state index in [4.69, 9.17) is 9.47 Å². The number of nitrogens with one attached hydrogen (secondary N) is 1. The van der Waals surface area contributed by atoms with Gasteiger partial charge in [0.25, 0.3) is 0 Å².